The first-order valence-electron chi connectivity index (χ1n) is 5.85. The molecule has 2 bridgehead atoms. The van der Waals surface area contributed by atoms with Gasteiger partial charge in [0.15, 0.2) is 0 Å². The van der Waals surface area contributed by atoms with E-state index in [1.807, 2.05) is 0 Å². The molecule has 0 radical (unpaired) electrons. The highest BCUT2D eigenvalue weighted by molar-refractivity contribution is 5.20. The quantitative estimate of drug-likeness (QED) is 0.665. The fourth-order valence-electron chi connectivity index (χ4n) is 4.87. The molecule has 3 rings (SSSR count). The van der Waals surface area contributed by atoms with Crippen LogP contribution in [-0.4, -0.2) is 22.4 Å². The van der Waals surface area contributed by atoms with Crippen LogP contribution in [0.25, 0.3) is 0 Å². The first kappa shape index (κ1) is 9.17. The number of hydrogen-bond acceptors (Lipinski definition) is 2. The first-order valence-corrected chi connectivity index (χ1v) is 5.85. The lowest BCUT2D eigenvalue weighted by Gasteiger charge is -2.58. The standard InChI is InChI=1S/C12H20O2/c1-11(2)7-3-4-12(14)8(5-7)10(11)9(12)6-13/h7-10,13-14H,3-6H2,1-2H3. The summed E-state index contributed by atoms with van der Waals surface area (Å²) in [6, 6.07) is 0. The smallest absolute Gasteiger partial charge is 0.0731 e. The predicted molar refractivity (Wildman–Crippen MR) is 53.6 cm³/mol. The molecule has 3 fully saturated rings. The fourth-order valence-corrected chi connectivity index (χ4v) is 4.87. The van der Waals surface area contributed by atoms with Crippen molar-refractivity contribution in [2.45, 2.75) is 38.7 Å². The second kappa shape index (κ2) is 2.35. The molecule has 0 heterocycles. The monoisotopic (exact) mass is 196 g/mol. The van der Waals surface area contributed by atoms with Gasteiger partial charge in [0, 0.05) is 12.5 Å². The average molecular weight is 196 g/mol. The number of fused-ring (bicyclic) bond motifs is 1. The third-order valence-electron chi connectivity index (χ3n) is 5.69. The van der Waals surface area contributed by atoms with Crippen molar-refractivity contribution in [1.29, 1.82) is 0 Å². The van der Waals surface area contributed by atoms with Gasteiger partial charge in [-0.2, -0.15) is 0 Å². The molecule has 0 aromatic heterocycles. The van der Waals surface area contributed by atoms with Crippen LogP contribution < -0.4 is 0 Å². The summed E-state index contributed by atoms with van der Waals surface area (Å²) in [5.41, 5.74) is -0.148. The van der Waals surface area contributed by atoms with E-state index in [9.17, 15) is 10.2 Å². The van der Waals surface area contributed by atoms with Crippen LogP contribution in [0, 0.1) is 29.1 Å². The fraction of sp³-hybridized carbons (Fsp3) is 1.00. The van der Waals surface area contributed by atoms with Crippen LogP contribution in [0.15, 0.2) is 0 Å². The van der Waals surface area contributed by atoms with E-state index in [0.717, 1.165) is 18.8 Å². The summed E-state index contributed by atoms with van der Waals surface area (Å²) < 4.78 is 0. The minimum atomic E-state index is -0.496. The second-order valence-corrected chi connectivity index (χ2v) is 6.21. The van der Waals surface area contributed by atoms with Gasteiger partial charge in [-0.1, -0.05) is 13.8 Å². The molecule has 0 aliphatic heterocycles. The Labute approximate surface area is 85.3 Å². The predicted octanol–water partition coefficient (Wildman–Crippen LogP) is 1.41. The molecule has 0 saturated heterocycles. The van der Waals surface area contributed by atoms with Crippen molar-refractivity contribution < 1.29 is 10.2 Å². The Morgan fingerprint density at radius 1 is 1.36 bits per heavy atom. The molecule has 0 spiro atoms. The number of aliphatic hydroxyl groups is 2. The SMILES string of the molecule is CC1(C)C2CCC3(O)C(CO)C1C3C2. The van der Waals surface area contributed by atoms with E-state index in [-0.39, 0.29) is 12.5 Å². The van der Waals surface area contributed by atoms with Crippen LogP contribution in [0.5, 0.6) is 0 Å². The lowest BCUT2D eigenvalue weighted by molar-refractivity contribution is -0.217. The van der Waals surface area contributed by atoms with Crippen molar-refractivity contribution in [2.75, 3.05) is 6.61 Å². The Kier molecular flexibility index (Phi) is 1.54. The Hall–Kier alpha value is -0.0800. The zero-order valence-corrected chi connectivity index (χ0v) is 9.03. The van der Waals surface area contributed by atoms with Crippen molar-refractivity contribution in [3.8, 4) is 0 Å². The maximum atomic E-state index is 10.5. The van der Waals surface area contributed by atoms with Crippen LogP contribution in [0.2, 0.25) is 0 Å². The van der Waals surface area contributed by atoms with Gasteiger partial charge in [-0.25, -0.2) is 0 Å². The van der Waals surface area contributed by atoms with Gasteiger partial charge in [0.25, 0.3) is 0 Å². The van der Waals surface area contributed by atoms with Crippen LogP contribution in [0.1, 0.15) is 33.1 Å². The molecule has 0 aromatic rings. The van der Waals surface area contributed by atoms with Gasteiger partial charge in [0.2, 0.25) is 0 Å². The topological polar surface area (TPSA) is 40.5 Å². The van der Waals surface area contributed by atoms with E-state index in [4.69, 9.17) is 0 Å². The van der Waals surface area contributed by atoms with Crippen molar-refractivity contribution >= 4 is 0 Å². The van der Waals surface area contributed by atoms with E-state index in [2.05, 4.69) is 13.8 Å². The Morgan fingerprint density at radius 3 is 2.71 bits per heavy atom. The molecule has 0 aromatic carbocycles. The van der Waals surface area contributed by atoms with Gasteiger partial charge in [0.1, 0.15) is 0 Å². The highest BCUT2D eigenvalue weighted by atomic mass is 16.3. The van der Waals surface area contributed by atoms with Gasteiger partial charge in [-0.15, -0.1) is 0 Å². The molecule has 5 atom stereocenters. The molecule has 14 heavy (non-hydrogen) atoms. The zero-order valence-electron chi connectivity index (χ0n) is 9.03. The number of rotatable bonds is 1. The van der Waals surface area contributed by atoms with Gasteiger partial charge < -0.3 is 10.2 Å². The molecule has 2 N–H and O–H groups in total. The summed E-state index contributed by atoms with van der Waals surface area (Å²) in [6.45, 7) is 4.83. The van der Waals surface area contributed by atoms with Crippen molar-refractivity contribution in [1.82, 2.24) is 0 Å². The summed E-state index contributed by atoms with van der Waals surface area (Å²) >= 11 is 0. The highest BCUT2D eigenvalue weighted by Crippen LogP contribution is 2.71. The maximum Gasteiger partial charge on any atom is 0.0731 e. The average Bonchev–Trinajstić information content (AvgIpc) is 2.24. The third kappa shape index (κ3) is 0.737. The Bertz CT molecular complexity index is 273. The lowest BCUT2D eigenvalue weighted by Crippen LogP contribution is -2.63. The Balaban J connectivity index is 2.01. The molecule has 2 heteroatoms. The van der Waals surface area contributed by atoms with E-state index in [0.29, 0.717) is 17.3 Å². The molecule has 80 valence electrons. The largest absolute Gasteiger partial charge is 0.396 e. The Morgan fingerprint density at radius 2 is 2.07 bits per heavy atom. The molecule has 3 aliphatic rings. The summed E-state index contributed by atoms with van der Waals surface area (Å²) in [5, 5.41) is 19.8. The molecule has 3 saturated carbocycles. The van der Waals surface area contributed by atoms with Gasteiger partial charge >= 0.3 is 0 Å². The molecule has 3 aliphatic carbocycles. The summed E-state index contributed by atoms with van der Waals surface area (Å²) in [7, 11) is 0. The second-order valence-electron chi connectivity index (χ2n) is 6.21. The maximum absolute atomic E-state index is 10.5. The highest BCUT2D eigenvalue weighted by Gasteiger charge is 2.72. The van der Waals surface area contributed by atoms with Crippen molar-refractivity contribution in [3.63, 3.8) is 0 Å². The van der Waals surface area contributed by atoms with Gasteiger partial charge in [-0.05, 0) is 42.4 Å². The van der Waals surface area contributed by atoms with Crippen LogP contribution in [-0.2, 0) is 0 Å². The lowest BCUT2D eigenvalue weighted by atomic mass is 9.50. The molecule has 2 nitrogen and oxygen atoms in total. The van der Waals surface area contributed by atoms with E-state index >= 15 is 0 Å². The number of aliphatic hydroxyl groups excluding tert-OH is 1. The molecular weight excluding hydrogens is 176 g/mol. The molecule has 0 amide bonds. The summed E-state index contributed by atoms with van der Waals surface area (Å²) in [5.74, 6) is 2.02. The molecule has 5 unspecified atom stereocenters. The van der Waals surface area contributed by atoms with E-state index in [1.54, 1.807) is 0 Å². The van der Waals surface area contributed by atoms with Crippen LogP contribution in [0.3, 0.4) is 0 Å². The van der Waals surface area contributed by atoms with Crippen molar-refractivity contribution in [3.05, 3.63) is 0 Å². The molecular formula is C12H20O2. The summed E-state index contributed by atoms with van der Waals surface area (Å²) in [6.07, 6.45) is 3.28. The first-order chi connectivity index (χ1) is 6.52. The summed E-state index contributed by atoms with van der Waals surface area (Å²) in [4.78, 5) is 0. The minimum Gasteiger partial charge on any atom is -0.396 e. The van der Waals surface area contributed by atoms with E-state index in [1.165, 1.54) is 6.42 Å². The van der Waals surface area contributed by atoms with Crippen LogP contribution in [0.4, 0.5) is 0 Å². The van der Waals surface area contributed by atoms with Gasteiger partial charge in [-0.3, -0.25) is 0 Å². The minimum absolute atomic E-state index is 0.162. The normalized spacial score (nSPS) is 58.3. The van der Waals surface area contributed by atoms with Gasteiger partial charge in [0.05, 0.1) is 5.60 Å². The zero-order chi connectivity index (χ0) is 10.1. The third-order valence-corrected chi connectivity index (χ3v) is 5.69. The van der Waals surface area contributed by atoms with Crippen LogP contribution >= 0.6 is 0 Å². The number of hydrogen-bond donors (Lipinski definition) is 2. The van der Waals surface area contributed by atoms with Crippen molar-refractivity contribution in [2.24, 2.45) is 29.1 Å². The van der Waals surface area contributed by atoms with E-state index < -0.39 is 5.60 Å².